The number of nitrogens with one attached hydrogen (secondary N) is 1. The highest BCUT2D eigenvalue weighted by Crippen LogP contribution is 2.40. The number of hydrogen-bond acceptors (Lipinski definition) is 1. The highest BCUT2D eigenvalue weighted by atomic mass is 16.2. The molecule has 1 aliphatic heterocycles. The van der Waals surface area contributed by atoms with Crippen molar-refractivity contribution in [1.82, 2.24) is 5.32 Å². The molecule has 1 N–H and O–H groups in total. The fraction of sp³-hybridized carbons (Fsp3) is 0.933. The Balaban J connectivity index is 2.00. The molecule has 0 radical (unpaired) electrons. The molecule has 1 heterocycles. The smallest absolute Gasteiger partial charge is 0.220 e. The van der Waals surface area contributed by atoms with Crippen LogP contribution in [0.5, 0.6) is 0 Å². The van der Waals surface area contributed by atoms with E-state index in [2.05, 4.69) is 26.1 Å². The van der Waals surface area contributed by atoms with Gasteiger partial charge in [0, 0.05) is 12.0 Å². The Morgan fingerprint density at radius 3 is 2.71 bits per heavy atom. The fourth-order valence-corrected chi connectivity index (χ4v) is 3.82. The van der Waals surface area contributed by atoms with Gasteiger partial charge in [0.2, 0.25) is 5.91 Å². The average molecular weight is 237 g/mol. The zero-order valence-corrected chi connectivity index (χ0v) is 11.6. The highest BCUT2D eigenvalue weighted by Gasteiger charge is 2.42. The van der Waals surface area contributed by atoms with Crippen molar-refractivity contribution in [2.75, 3.05) is 0 Å². The van der Waals surface area contributed by atoms with Crippen molar-refractivity contribution in [3.05, 3.63) is 0 Å². The molecule has 17 heavy (non-hydrogen) atoms. The van der Waals surface area contributed by atoms with Crippen LogP contribution >= 0.6 is 0 Å². The van der Waals surface area contributed by atoms with Gasteiger partial charge < -0.3 is 5.32 Å². The lowest BCUT2D eigenvalue weighted by atomic mass is 9.71. The molecule has 2 rings (SSSR count). The molecule has 1 aliphatic carbocycles. The summed E-state index contributed by atoms with van der Waals surface area (Å²) in [6.07, 6.45) is 8.51. The van der Waals surface area contributed by atoms with Crippen molar-refractivity contribution >= 4 is 5.91 Å². The van der Waals surface area contributed by atoms with E-state index < -0.39 is 0 Å². The third kappa shape index (κ3) is 2.83. The first kappa shape index (κ1) is 12.9. The summed E-state index contributed by atoms with van der Waals surface area (Å²) in [5.74, 6) is 2.54. The van der Waals surface area contributed by atoms with Crippen LogP contribution in [-0.2, 0) is 4.79 Å². The van der Waals surface area contributed by atoms with Crippen LogP contribution in [0.1, 0.15) is 65.7 Å². The maximum absolute atomic E-state index is 11.6. The third-order valence-electron chi connectivity index (χ3n) is 4.99. The number of carbonyl (C=O) groups is 1. The molecule has 2 aliphatic rings. The van der Waals surface area contributed by atoms with E-state index in [0.717, 1.165) is 24.7 Å². The first-order valence-electron chi connectivity index (χ1n) is 7.33. The van der Waals surface area contributed by atoms with Gasteiger partial charge >= 0.3 is 0 Å². The van der Waals surface area contributed by atoms with Crippen LogP contribution in [0.4, 0.5) is 0 Å². The summed E-state index contributed by atoms with van der Waals surface area (Å²) >= 11 is 0. The Morgan fingerprint density at radius 1 is 1.41 bits per heavy atom. The molecule has 0 aromatic carbocycles. The Morgan fingerprint density at radius 2 is 2.18 bits per heavy atom. The van der Waals surface area contributed by atoms with Crippen LogP contribution in [0.25, 0.3) is 0 Å². The molecule has 3 atom stereocenters. The standard InChI is InChI=1S/C15H27NO/c1-11(2)15(8-7-14(17)16-15)10-13-6-4-5-12(3)9-13/h11-13H,4-10H2,1-3H3,(H,16,17). The molecule has 2 nitrogen and oxygen atoms in total. The summed E-state index contributed by atoms with van der Waals surface area (Å²) in [6, 6.07) is 0. The van der Waals surface area contributed by atoms with Gasteiger partial charge in [-0.1, -0.05) is 40.0 Å². The van der Waals surface area contributed by atoms with Gasteiger partial charge in [-0.25, -0.2) is 0 Å². The summed E-state index contributed by atoms with van der Waals surface area (Å²) < 4.78 is 0. The molecule has 0 aromatic heterocycles. The minimum absolute atomic E-state index is 0.110. The van der Waals surface area contributed by atoms with Gasteiger partial charge in [-0.15, -0.1) is 0 Å². The Hall–Kier alpha value is -0.530. The molecule has 0 aromatic rings. The van der Waals surface area contributed by atoms with Gasteiger partial charge in [0.1, 0.15) is 0 Å². The molecule has 2 heteroatoms. The van der Waals surface area contributed by atoms with Crippen molar-refractivity contribution in [3.8, 4) is 0 Å². The molecule has 1 saturated heterocycles. The van der Waals surface area contributed by atoms with Gasteiger partial charge in [0.25, 0.3) is 0 Å². The van der Waals surface area contributed by atoms with E-state index >= 15 is 0 Å². The van der Waals surface area contributed by atoms with E-state index in [0.29, 0.717) is 5.92 Å². The lowest BCUT2D eigenvalue weighted by Gasteiger charge is -2.39. The van der Waals surface area contributed by atoms with Gasteiger partial charge in [-0.2, -0.15) is 0 Å². The minimum atomic E-state index is 0.110. The molecule has 0 spiro atoms. The molecule has 0 bridgehead atoms. The molecular weight excluding hydrogens is 210 g/mol. The van der Waals surface area contributed by atoms with Crippen molar-refractivity contribution in [3.63, 3.8) is 0 Å². The lowest BCUT2D eigenvalue weighted by Crippen LogP contribution is -2.48. The van der Waals surface area contributed by atoms with E-state index in [1.807, 2.05) is 0 Å². The van der Waals surface area contributed by atoms with E-state index in [4.69, 9.17) is 0 Å². The maximum atomic E-state index is 11.6. The van der Waals surface area contributed by atoms with Crippen LogP contribution < -0.4 is 5.32 Å². The second kappa shape index (κ2) is 4.99. The number of hydrogen-bond donors (Lipinski definition) is 1. The summed E-state index contributed by atoms with van der Waals surface area (Å²) in [5.41, 5.74) is 0.110. The Kier molecular flexibility index (Phi) is 3.79. The van der Waals surface area contributed by atoms with Gasteiger partial charge in [0.15, 0.2) is 0 Å². The zero-order valence-electron chi connectivity index (χ0n) is 11.6. The van der Waals surface area contributed by atoms with Crippen molar-refractivity contribution in [2.24, 2.45) is 17.8 Å². The summed E-state index contributed by atoms with van der Waals surface area (Å²) in [6.45, 7) is 6.90. The van der Waals surface area contributed by atoms with Crippen LogP contribution in [0.15, 0.2) is 0 Å². The number of rotatable bonds is 3. The van der Waals surface area contributed by atoms with E-state index in [9.17, 15) is 4.79 Å². The minimum Gasteiger partial charge on any atom is -0.350 e. The molecule has 1 saturated carbocycles. The molecule has 3 unspecified atom stereocenters. The normalized spacial score (nSPS) is 38.5. The quantitative estimate of drug-likeness (QED) is 0.799. The van der Waals surface area contributed by atoms with Gasteiger partial charge in [-0.3, -0.25) is 4.79 Å². The van der Waals surface area contributed by atoms with Gasteiger partial charge in [-0.05, 0) is 37.0 Å². The van der Waals surface area contributed by atoms with Crippen LogP contribution in [0, 0.1) is 17.8 Å². The van der Waals surface area contributed by atoms with Crippen molar-refractivity contribution in [1.29, 1.82) is 0 Å². The topological polar surface area (TPSA) is 29.1 Å². The van der Waals surface area contributed by atoms with E-state index in [1.54, 1.807) is 0 Å². The average Bonchev–Trinajstić information content (AvgIpc) is 2.61. The molecule has 2 fully saturated rings. The number of carbonyl (C=O) groups excluding carboxylic acids is 1. The SMILES string of the molecule is CC1CCCC(CC2(C(C)C)CCC(=O)N2)C1. The van der Waals surface area contributed by atoms with E-state index in [1.165, 1.54) is 32.1 Å². The lowest BCUT2D eigenvalue weighted by molar-refractivity contribution is -0.120. The Labute approximate surface area is 106 Å². The Bertz CT molecular complexity index is 287. The molecular formula is C15H27NO. The van der Waals surface area contributed by atoms with Crippen LogP contribution in [0.3, 0.4) is 0 Å². The van der Waals surface area contributed by atoms with Crippen molar-refractivity contribution < 1.29 is 4.79 Å². The largest absolute Gasteiger partial charge is 0.350 e. The second-order valence-electron chi connectivity index (χ2n) is 6.70. The monoisotopic (exact) mass is 237 g/mol. The fourth-order valence-electron chi connectivity index (χ4n) is 3.82. The van der Waals surface area contributed by atoms with Crippen LogP contribution in [0.2, 0.25) is 0 Å². The second-order valence-corrected chi connectivity index (χ2v) is 6.70. The van der Waals surface area contributed by atoms with Crippen molar-refractivity contribution in [2.45, 2.75) is 71.3 Å². The van der Waals surface area contributed by atoms with Crippen LogP contribution in [-0.4, -0.2) is 11.4 Å². The number of amides is 1. The summed E-state index contributed by atoms with van der Waals surface area (Å²) in [4.78, 5) is 11.6. The highest BCUT2D eigenvalue weighted by molar-refractivity contribution is 5.79. The first-order chi connectivity index (χ1) is 8.02. The first-order valence-corrected chi connectivity index (χ1v) is 7.33. The summed E-state index contributed by atoms with van der Waals surface area (Å²) in [5, 5.41) is 3.29. The predicted molar refractivity (Wildman–Crippen MR) is 70.7 cm³/mol. The zero-order chi connectivity index (χ0) is 12.5. The predicted octanol–water partition coefficient (Wildman–Crippen LogP) is 3.51. The van der Waals surface area contributed by atoms with E-state index in [-0.39, 0.29) is 11.4 Å². The molecule has 98 valence electrons. The molecule has 1 amide bonds. The van der Waals surface area contributed by atoms with Gasteiger partial charge in [0.05, 0.1) is 0 Å². The third-order valence-corrected chi connectivity index (χ3v) is 4.99. The maximum Gasteiger partial charge on any atom is 0.220 e. The summed E-state index contributed by atoms with van der Waals surface area (Å²) in [7, 11) is 0.